The number of rotatable bonds is 3. The van der Waals surface area contributed by atoms with Crippen molar-refractivity contribution in [3.63, 3.8) is 0 Å². The van der Waals surface area contributed by atoms with Gasteiger partial charge in [0.15, 0.2) is 0 Å². The molecule has 6 heteroatoms. The summed E-state index contributed by atoms with van der Waals surface area (Å²) in [4.78, 5) is 25.6. The Bertz CT molecular complexity index is 594. The van der Waals surface area contributed by atoms with Crippen LogP contribution in [-0.4, -0.2) is 16.7 Å². The first kappa shape index (κ1) is 12.0. The Kier molecular flexibility index (Phi) is 3.18. The number of aromatic amines is 1. The molecule has 2 rings (SSSR count). The third kappa shape index (κ3) is 2.42. The molecule has 0 unspecified atom stereocenters. The number of nitrogens with one attached hydrogen (secondary N) is 2. The number of Topliss-reactive ketones (excluding diaryl/α,β-unsaturated/α-hetero) is 1. The minimum absolute atomic E-state index is 0.0926. The van der Waals surface area contributed by atoms with Gasteiger partial charge in [0.25, 0.3) is 11.7 Å². The van der Waals surface area contributed by atoms with E-state index in [-0.39, 0.29) is 11.4 Å². The van der Waals surface area contributed by atoms with Gasteiger partial charge in [0.2, 0.25) is 0 Å². The number of hydrogen-bond acceptors (Lipinski definition) is 2. The van der Waals surface area contributed by atoms with Crippen LogP contribution < -0.4 is 5.32 Å². The lowest BCUT2D eigenvalue weighted by atomic mass is 10.2. The van der Waals surface area contributed by atoms with Crippen LogP contribution in [-0.2, 0) is 4.79 Å². The molecule has 0 aliphatic heterocycles. The van der Waals surface area contributed by atoms with E-state index >= 15 is 0 Å². The highest BCUT2D eigenvalue weighted by Gasteiger charge is 2.18. The Morgan fingerprint density at radius 2 is 1.94 bits per heavy atom. The Balaban J connectivity index is 2.14. The highest BCUT2D eigenvalue weighted by Crippen LogP contribution is 2.15. The SMILES string of the molecule is O=C(Nc1ccc(F)cc1F)C(=O)c1ccc[nH]1. The van der Waals surface area contributed by atoms with Crippen LogP contribution in [0.25, 0.3) is 0 Å². The number of anilines is 1. The maximum atomic E-state index is 13.2. The normalized spacial score (nSPS) is 10.1. The van der Waals surface area contributed by atoms with Gasteiger partial charge in [0, 0.05) is 12.3 Å². The van der Waals surface area contributed by atoms with Gasteiger partial charge in [-0.2, -0.15) is 0 Å². The molecule has 0 aliphatic carbocycles. The van der Waals surface area contributed by atoms with Gasteiger partial charge >= 0.3 is 0 Å². The van der Waals surface area contributed by atoms with E-state index in [4.69, 9.17) is 0 Å². The molecule has 0 saturated heterocycles. The Labute approximate surface area is 101 Å². The average Bonchev–Trinajstić information content (AvgIpc) is 2.85. The predicted molar refractivity (Wildman–Crippen MR) is 60.1 cm³/mol. The fraction of sp³-hybridized carbons (Fsp3) is 0. The van der Waals surface area contributed by atoms with Crippen molar-refractivity contribution < 1.29 is 18.4 Å². The molecule has 0 atom stereocenters. The molecule has 0 saturated carbocycles. The summed E-state index contributed by atoms with van der Waals surface area (Å²) in [5, 5.41) is 2.08. The largest absolute Gasteiger partial charge is 0.358 e. The topological polar surface area (TPSA) is 62.0 Å². The highest BCUT2D eigenvalue weighted by atomic mass is 19.1. The van der Waals surface area contributed by atoms with Crippen LogP contribution in [0.2, 0.25) is 0 Å². The Morgan fingerprint density at radius 1 is 1.17 bits per heavy atom. The number of amides is 1. The second kappa shape index (κ2) is 4.79. The molecule has 1 amide bonds. The van der Waals surface area contributed by atoms with Gasteiger partial charge in [-0.3, -0.25) is 9.59 Å². The fourth-order valence-corrected chi connectivity index (χ4v) is 1.36. The summed E-state index contributed by atoms with van der Waals surface area (Å²) in [6.07, 6.45) is 1.49. The highest BCUT2D eigenvalue weighted by molar-refractivity contribution is 6.46. The zero-order valence-corrected chi connectivity index (χ0v) is 9.04. The smallest absolute Gasteiger partial charge is 0.298 e. The third-order valence-corrected chi connectivity index (χ3v) is 2.23. The molecular formula is C12H8F2N2O2. The Morgan fingerprint density at radius 3 is 2.56 bits per heavy atom. The van der Waals surface area contributed by atoms with E-state index in [0.29, 0.717) is 6.07 Å². The molecule has 4 nitrogen and oxygen atoms in total. The molecule has 92 valence electrons. The van der Waals surface area contributed by atoms with Gasteiger partial charge in [0.1, 0.15) is 11.6 Å². The summed E-state index contributed by atoms with van der Waals surface area (Å²) in [6, 6.07) is 5.62. The first-order valence-corrected chi connectivity index (χ1v) is 5.02. The van der Waals surface area contributed by atoms with Crippen LogP contribution >= 0.6 is 0 Å². The number of ketones is 1. The van der Waals surface area contributed by atoms with E-state index < -0.39 is 23.3 Å². The van der Waals surface area contributed by atoms with Crippen molar-refractivity contribution in [3.05, 3.63) is 53.9 Å². The van der Waals surface area contributed by atoms with Gasteiger partial charge in [-0.05, 0) is 24.3 Å². The van der Waals surface area contributed by atoms with E-state index in [1.807, 2.05) is 0 Å². The summed E-state index contributed by atoms with van der Waals surface area (Å²) in [5.41, 5.74) is -0.156. The lowest BCUT2D eigenvalue weighted by Gasteiger charge is -2.04. The number of H-pyrrole nitrogens is 1. The number of halogens is 2. The first-order valence-electron chi connectivity index (χ1n) is 5.02. The molecule has 0 bridgehead atoms. The van der Waals surface area contributed by atoms with Crippen LogP contribution in [0.5, 0.6) is 0 Å². The van der Waals surface area contributed by atoms with Gasteiger partial charge in [-0.25, -0.2) is 8.78 Å². The minimum Gasteiger partial charge on any atom is -0.358 e. The van der Waals surface area contributed by atoms with E-state index in [9.17, 15) is 18.4 Å². The van der Waals surface area contributed by atoms with Gasteiger partial charge < -0.3 is 10.3 Å². The maximum Gasteiger partial charge on any atom is 0.298 e. The number of benzene rings is 1. The summed E-state index contributed by atoms with van der Waals surface area (Å²) in [6.45, 7) is 0. The molecule has 2 N–H and O–H groups in total. The lowest BCUT2D eigenvalue weighted by Crippen LogP contribution is -2.23. The average molecular weight is 250 g/mol. The molecule has 0 spiro atoms. The molecule has 1 heterocycles. The van der Waals surface area contributed by atoms with Crippen molar-refractivity contribution in [1.82, 2.24) is 4.98 Å². The number of hydrogen-bond donors (Lipinski definition) is 2. The fourth-order valence-electron chi connectivity index (χ4n) is 1.36. The molecule has 0 fully saturated rings. The van der Waals surface area contributed by atoms with E-state index in [2.05, 4.69) is 10.3 Å². The van der Waals surface area contributed by atoms with E-state index in [1.165, 1.54) is 12.3 Å². The van der Waals surface area contributed by atoms with Crippen LogP contribution in [0.3, 0.4) is 0 Å². The maximum absolute atomic E-state index is 13.2. The quantitative estimate of drug-likeness (QED) is 0.647. The second-order valence-corrected chi connectivity index (χ2v) is 3.49. The third-order valence-electron chi connectivity index (χ3n) is 2.23. The van der Waals surface area contributed by atoms with E-state index in [1.54, 1.807) is 6.07 Å². The van der Waals surface area contributed by atoms with Gasteiger partial charge in [0.05, 0.1) is 11.4 Å². The monoisotopic (exact) mass is 250 g/mol. The van der Waals surface area contributed by atoms with Gasteiger partial charge in [-0.15, -0.1) is 0 Å². The molecule has 0 aliphatic rings. The predicted octanol–water partition coefficient (Wildman–Crippen LogP) is 2.11. The van der Waals surface area contributed by atoms with Crippen molar-refractivity contribution in [2.24, 2.45) is 0 Å². The molecular weight excluding hydrogens is 242 g/mol. The van der Waals surface area contributed by atoms with E-state index in [0.717, 1.165) is 12.1 Å². The van der Waals surface area contributed by atoms with Gasteiger partial charge in [-0.1, -0.05) is 0 Å². The number of carbonyl (C=O) groups is 2. The zero-order valence-electron chi connectivity index (χ0n) is 9.04. The summed E-state index contributed by atoms with van der Waals surface area (Å²) >= 11 is 0. The second-order valence-electron chi connectivity index (χ2n) is 3.49. The number of carbonyl (C=O) groups excluding carboxylic acids is 2. The van der Waals surface area contributed by atoms with Crippen LogP contribution in [0.4, 0.5) is 14.5 Å². The van der Waals surface area contributed by atoms with Crippen molar-refractivity contribution >= 4 is 17.4 Å². The first-order chi connectivity index (χ1) is 8.58. The van der Waals surface area contributed by atoms with Crippen molar-refractivity contribution in [2.75, 3.05) is 5.32 Å². The molecule has 2 aromatic rings. The molecule has 18 heavy (non-hydrogen) atoms. The van der Waals surface area contributed by atoms with Crippen LogP contribution in [0.15, 0.2) is 36.5 Å². The molecule has 1 aromatic carbocycles. The van der Waals surface area contributed by atoms with Crippen molar-refractivity contribution in [1.29, 1.82) is 0 Å². The molecule has 0 radical (unpaired) electrons. The van der Waals surface area contributed by atoms with Crippen LogP contribution in [0.1, 0.15) is 10.5 Å². The summed E-state index contributed by atoms with van der Waals surface area (Å²) in [5.74, 6) is -3.53. The summed E-state index contributed by atoms with van der Waals surface area (Å²) in [7, 11) is 0. The minimum atomic E-state index is -0.997. The standard InChI is InChI=1S/C12H8F2N2O2/c13-7-3-4-9(8(14)6-7)16-12(18)11(17)10-2-1-5-15-10/h1-6,15H,(H,16,18). The number of aromatic nitrogens is 1. The van der Waals surface area contributed by atoms with Crippen molar-refractivity contribution in [2.45, 2.75) is 0 Å². The van der Waals surface area contributed by atoms with Crippen molar-refractivity contribution in [3.8, 4) is 0 Å². The van der Waals surface area contributed by atoms with Crippen LogP contribution in [0, 0.1) is 11.6 Å². The Hall–Kier alpha value is -2.50. The summed E-state index contributed by atoms with van der Waals surface area (Å²) < 4.78 is 25.9. The zero-order chi connectivity index (χ0) is 13.1. The molecule has 1 aromatic heterocycles. The lowest BCUT2D eigenvalue weighted by molar-refractivity contribution is -0.112.